The van der Waals surface area contributed by atoms with E-state index >= 15 is 0 Å². The lowest BCUT2D eigenvalue weighted by atomic mass is 10.2. The fourth-order valence-corrected chi connectivity index (χ4v) is 5.68. The van der Waals surface area contributed by atoms with Crippen LogP contribution in [-0.2, 0) is 20.5 Å². The Labute approximate surface area is 179 Å². The second kappa shape index (κ2) is 8.89. The van der Waals surface area contributed by atoms with Gasteiger partial charge in [0.1, 0.15) is 0 Å². The Bertz CT molecular complexity index is 1100. The Hall–Kier alpha value is -1.84. The molecule has 9 heteroatoms. The zero-order valence-electron chi connectivity index (χ0n) is 15.6. The van der Waals surface area contributed by atoms with Gasteiger partial charge in [-0.05, 0) is 35.9 Å². The summed E-state index contributed by atoms with van der Waals surface area (Å²) in [7, 11) is -3.50. The van der Waals surface area contributed by atoms with Gasteiger partial charge < -0.3 is 4.74 Å². The SMILES string of the molecule is O=S(=O)(c1cccc(CSc2nccn2-c2cccc(Cl)c2)c1)N1CCOCC1. The van der Waals surface area contributed by atoms with Crippen LogP contribution in [0, 0.1) is 0 Å². The van der Waals surface area contributed by atoms with Crippen molar-refractivity contribution in [3.63, 3.8) is 0 Å². The average Bonchev–Trinajstić information content (AvgIpc) is 3.22. The highest BCUT2D eigenvalue weighted by atomic mass is 35.5. The van der Waals surface area contributed by atoms with Gasteiger partial charge in [-0.3, -0.25) is 4.57 Å². The summed E-state index contributed by atoms with van der Waals surface area (Å²) in [6, 6.07) is 14.7. The van der Waals surface area contributed by atoms with Crippen LogP contribution in [0.3, 0.4) is 0 Å². The highest BCUT2D eigenvalue weighted by Crippen LogP contribution is 2.27. The summed E-state index contributed by atoms with van der Waals surface area (Å²) >= 11 is 7.64. The standard InChI is InChI=1S/C20H20ClN3O3S2/c21-17-4-2-5-18(14-17)24-8-7-22-20(24)28-15-16-3-1-6-19(13-16)29(25,26)23-9-11-27-12-10-23/h1-8,13-14H,9-12,15H2. The number of rotatable bonds is 6. The third-order valence-corrected chi connectivity index (χ3v) is 7.74. The number of hydrogen-bond donors (Lipinski definition) is 0. The molecule has 0 unspecified atom stereocenters. The predicted octanol–water partition coefficient (Wildman–Crippen LogP) is 3.84. The minimum Gasteiger partial charge on any atom is -0.379 e. The maximum absolute atomic E-state index is 12.9. The van der Waals surface area contributed by atoms with Crippen molar-refractivity contribution < 1.29 is 13.2 Å². The first-order chi connectivity index (χ1) is 14.0. The molecule has 29 heavy (non-hydrogen) atoms. The molecule has 3 aromatic rings. The van der Waals surface area contributed by atoms with Crippen LogP contribution in [0.1, 0.15) is 5.56 Å². The van der Waals surface area contributed by atoms with E-state index in [2.05, 4.69) is 4.98 Å². The fourth-order valence-electron chi connectivity index (χ4n) is 3.10. The van der Waals surface area contributed by atoms with Crippen LogP contribution in [0.15, 0.2) is 71.0 Å². The number of imidazole rings is 1. The number of morpholine rings is 1. The van der Waals surface area contributed by atoms with Crippen molar-refractivity contribution in [2.75, 3.05) is 26.3 Å². The Morgan fingerprint density at radius 3 is 2.69 bits per heavy atom. The summed E-state index contributed by atoms with van der Waals surface area (Å²) < 4.78 is 34.5. The molecule has 1 aliphatic heterocycles. The molecular weight excluding hydrogens is 430 g/mol. The van der Waals surface area contributed by atoms with E-state index in [0.29, 0.717) is 42.0 Å². The molecule has 4 rings (SSSR count). The van der Waals surface area contributed by atoms with Crippen LogP contribution < -0.4 is 0 Å². The molecule has 0 N–H and O–H groups in total. The minimum absolute atomic E-state index is 0.315. The monoisotopic (exact) mass is 449 g/mol. The van der Waals surface area contributed by atoms with Crippen molar-refractivity contribution in [1.29, 1.82) is 0 Å². The zero-order valence-corrected chi connectivity index (χ0v) is 18.0. The zero-order chi connectivity index (χ0) is 20.3. The Morgan fingerprint density at radius 1 is 1.10 bits per heavy atom. The Morgan fingerprint density at radius 2 is 1.90 bits per heavy atom. The van der Waals surface area contributed by atoms with Gasteiger partial charge in [0.2, 0.25) is 10.0 Å². The molecule has 1 aromatic heterocycles. The number of hydrogen-bond acceptors (Lipinski definition) is 5. The maximum atomic E-state index is 12.9. The minimum atomic E-state index is -3.50. The van der Waals surface area contributed by atoms with E-state index < -0.39 is 10.0 Å². The Kier molecular flexibility index (Phi) is 6.26. The van der Waals surface area contributed by atoms with E-state index in [-0.39, 0.29) is 0 Å². The highest BCUT2D eigenvalue weighted by Gasteiger charge is 2.26. The molecule has 6 nitrogen and oxygen atoms in total. The molecule has 0 amide bonds. The fraction of sp³-hybridized carbons (Fsp3) is 0.250. The van der Waals surface area contributed by atoms with Gasteiger partial charge in [-0.25, -0.2) is 13.4 Å². The first kappa shape index (κ1) is 20.4. The lowest BCUT2D eigenvalue weighted by Crippen LogP contribution is -2.40. The van der Waals surface area contributed by atoms with Crippen molar-refractivity contribution >= 4 is 33.4 Å². The first-order valence-corrected chi connectivity index (χ1v) is 11.9. The quantitative estimate of drug-likeness (QED) is 0.535. The van der Waals surface area contributed by atoms with E-state index in [0.717, 1.165) is 16.4 Å². The topological polar surface area (TPSA) is 64.4 Å². The van der Waals surface area contributed by atoms with Crippen LogP contribution >= 0.6 is 23.4 Å². The number of aromatic nitrogens is 2. The van der Waals surface area contributed by atoms with Gasteiger partial charge in [0, 0.05) is 41.9 Å². The second-order valence-electron chi connectivity index (χ2n) is 6.51. The molecule has 0 radical (unpaired) electrons. The number of thioether (sulfide) groups is 1. The highest BCUT2D eigenvalue weighted by molar-refractivity contribution is 7.98. The van der Waals surface area contributed by atoms with E-state index in [1.807, 2.05) is 41.1 Å². The van der Waals surface area contributed by atoms with E-state index in [4.69, 9.17) is 16.3 Å². The van der Waals surface area contributed by atoms with Gasteiger partial charge in [-0.15, -0.1) is 0 Å². The normalized spacial score (nSPS) is 15.5. The number of ether oxygens (including phenoxy) is 1. The summed E-state index contributed by atoms with van der Waals surface area (Å²) in [6.45, 7) is 1.64. The van der Waals surface area contributed by atoms with Gasteiger partial charge in [0.15, 0.2) is 5.16 Å². The van der Waals surface area contributed by atoms with Crippen LogP contribution in [0.5, 0.6) is 0 Å². The first-order valence-electron chi connectivity index (χ1n) is 9.13. The van der Waals surface area contributed by atoms with Crippen LogP contribution in [-0.4, -0.2) is 48.6 Å². The summed E-state index contributed by atoms with van der Waals surface area (Å²) in [6.07, 6.45) is 3.62. The van der Waals surface area contributed by atoms with E-state index in [1.54, 1.807) is 36.2 Å². The maximum Gasteiger partial charge on any atom is 0.243 e. The van der Waals surface area contributed by atoms with Crippen molar-refractivity contribution in [3.05, 3.63) is 71.5 Å². The molecule has 1 aliphatic rings. The molecule has 0 bridgehead atoms. The van der Waals surface area contributed by atoms with Gasteiger partial charge in [-0.1, -0.05) is 41.6 Å². The summed E-state index contributed by atoms with van der Waals surface area (Å²) in [5, 5.41) is 1.47. The molecule has 1 saturated heterocycles. The molecule has 2 aromatic carbocycles. The van der Waals surface area contributed by atoms with Crippen molar-refractivity contribution in [2.45, 2.75) is 15.8 Å². The van der Waals surface area contributed by atoms with Gasteiger partial charge in [0.25, 0.3) is 0 Å². The van der Waals surface area contributed by atoms with E-state index in [9.17, 15) is 8.42 Å². The smallest absolute Gasteiger partial charge is 0.243 e. The molecule has 2 heterocycles. The number of halogens is 1. The number of benzene rings is 2. The van der Waals surface area contributed by atoms with Crippen molar-refractivity contribution in [2.24, 2.45) is 0 Å². The van der Waals surface area contributed by atoms with Crippen molar-refractivity contribution in [1.82, 2.24) is 13.9 Å². The predicted molar refractivity (Wildman–Crippen MR) is 114 cm³/mol. The second-order valence-corrected chi connectivity index (χ2v) is 9.83. The van der Waals surface area contributed by atoms with Gasteiger partial charge in [0.05, 0.1) is 18.1 Å². The summed E-state index contributed by atoms with van der Waals surface area (Å²) in [5.41, 5.74) is 1.85. The van der Waals surface area contributed by atoms with Gasteiger partial charge in [-0.2, -0.15) is 4.31 Å². The van der Waals surface area contributed by atoms with Gasteiger partial charge >= 0.3 is 0 Å². The largest absolute Gasteiger partial charge is 0.379 e. The summed E-state index contributed by atoms with van der Waals surface area (Å²) in [4.78, 5) is 4.74. The van der Waals surface area contributed by atoms with Crippen LogP contribution in [0.2, 0.25) is 5.02 Å². The molecular formula is C20H20ClN3O3S2. The third kappa shape index (κ3) is 4.67. The molecule has 1 fully saturated rings. The molecule has 0 atom stereocenters. The third-order valence-electron chi connectivity index (χ3n) is 4.57. The molecule has 0 saturated carbocycles. The van der Waals surface area contributed by atoms with E-state index in [1.165, 1.54) is 4.31 Å². The Balaban J connectivity index is 1.51. The average molecular weight is 450 g/mol. The summed E-state index contributed by atoms with van der Waals surface area (Å²) in [5.74, 6) is 0.601. The lowest BCUT2D eigenvalue weighted by Gasteiger charge is -2.26. The number of sulfonamides is 1. The van der Waals surface area contributed by atoms with Crippen molar-refractivity contribution in [3.8, 4) is 5.69 Å². The molecule has 152 valence electrons. The molecule has 0 aliphatic carbocycles. The lowest BCUT2D eigenvalue weighted by molar-refractivity contribution is 0.0730. The number of nitrogens with zero attached hydrogens (tertiary/aromatic N) is 3. The van der Waals surface area contributed by atoms with Crippen LogP contribution in [0.4, 0.5) is 0 Å². The molecule has 0 spiro atoms. The van der Waals surface area contributed by atoms with Crippen LogP contribution in [0.25, 0.3) is 5.69 Å².